The minimum absolute atomic E-state index is 0.0785. The second-order valence-corrected chi connectivity index (χ2v) is 4.57. The van der Waals surface area contributed by atoms with E-state index in [1.807, 2.05) is 0 Å². The number of imidazole rings is 1. The van der Waals surface area contributed by atoms with Crippen LogP contribution in [-0.2, 0) is 17.5 Å². The van der Waals surface area contributed by atoms with Gasteiger partial charge in [-0.05, 0) is 19.1 Å². The van der Waals surface area contributed by atoms with Gasteiger partial charge in [-0.2, -0.15) is 13.2 Å². The summed E-state index contributed by atoms with van der Waals surface area (Å²) < 4.78 is 45.2. The molecular formula is C13H13F3N2O3. The van der Waals surface area contributed by atoms with Crippen LogP contribution in [0, 0.1) is 0 Å². The highest BCUT2D eigenvalue weighted by Crippen LogP contribution is 2.32. The Bertz CT molecular complexity index is 679. The lowest BCUT2D eigenvalue weighted by molar-refractivity contribution is -0.147. The van der Waals surface area contributed by atoms with E-state index in [0.29, 0.717) is 0 Å². The van der Waals surface area contributed by atoms with Crippen LogP contribution < -0.4 is 0 Å². The van der Waals surface area contributed by atoms with E-state index < -0.39 is 24.1 Å². The molecule has 1 atom stereocenters. The number of aromatic nitrogens is 2. The van der Waals surface area contributed by atoms with E-state index in [1.54, 1.807) is 6.92 Å². The molecule has 21 heavy (non-hydrogen) atoms. The maximum atomic E-state index is 13.1. The molecule has 0 saturated carbocycles. The molecule has 0 aliphatic rings. The van der Waals surface area contributed by atoms with E-state index in [9.17, 15) is 18.0 Å². The molecule has 1 N–H and O–H groups in total. The molecule has 0 fully saturated rings. The fraction of sp³-hybridized carbons (Fsp3) is 0.385. The standard InChI is InChI=1S/C13H13F3N2O3/c1-7(21-2)6-18-9-5-3-4-8(11(19)20)10(9)17-12(18)13(14,15)16/h3-5,7H,6H2,1-2H3,(H,19,20). The van der Waals surface area contributed by atoms with Gasteiger partial charge in [0.15, 0.2) is 0 Å². The number of halogens is 3. The smallest absolute Gasteiger partial charge is 0.449 e. The number of rotatable bonds is 4. The van der Waals surface area contributed by atoms with Crippen LogP contribution in [0.3, 0.4) is 0 Å². The van der Waals surface area contributed by atoms with E-state index in [4.69, 9.17) is 9.84 Å². The Morgan fingerprint density at radius 1 is 1.48 bits per heavy atom. The molecule has 0 aliphatic heterocycles. The Labute approximate surface area is 118 Å². The lowest BCUT2D eigenvalue weighted by Gasteiger charge is -2.15. The number of alkyl halides is 3. The summed E-state index contributed by atoms with van der Waals surface area (Å²) in [6, 6.07) is 4.02. The molecule has 1 heterocycles. The van der Waals surface area contributed by atoms with Gasteiger partial charge in [0.1, 0.15) is 5.52 Å². The topological polar surface area (TPSA) is 64.4 Å². The van der Waals surface area contributed by atoms with Crippen LogP contribution in [0.15, 0.2) is 18.2 Å². The van der Waals surface area contributed by atoms with Crippen LogP contribution in [0.4, 0.5) is 13.2 Å². The summed E-state index contributed by atoms with van der Waals surface area (Å²) in [4.78, 5) is 14.6. The number of methoxy groups -OCH3 is 1. The van der Waals surface area contributed by atoms with Gasteiger partial charge in [-0.25, -0.2) is 9.78 Å². The molecule has 114 valence electrons. The van der Waals surface area contributed by atoms with Gasteiger partial charge in [-0.15, -0.1) is 0 Å². The lowest BCUT2D eigenvalue weighted by atomic mass is 10.2. The summed E-state index contributed by atoms with van der Waals surface area (Å²) in [5, 5.41) is 9.06. The van der Waals surface area contributed by atoms with Crippen molar-refractivity contribution >= 4 is 17.0 Å². The highest BCUT2D eigenvalue weighted by Gasteiger charge is 2.38. The van der Waals surface area contributed by atoms with Crippen LogP contribution >= 0.6 is 0 Å². The highest BCUT2D eigenvalue weighted by atomic mass is 19.4. The fourth-order valence-electron chi connectivity index (χ4n) is 2.05. The average molecular weight is 302 g/mol. The zero-order chi connectivity index (χ0) is 15.8. The third-order valence-electron chi connectivity index (χ3n) is 3.10. The third-order valence-corrected chi connectivity index (χ3v) is 3.10. The van der Waals surface area contributed by atoms with Crippen molar-refractivity contribution < 1.29 is 27.8 Å². The molecule has 0 bridgehead atoms. The molecule has 1 aromatic heterocycles. The summed E-state index contributed by atoms with van der Waals surface area (Å²) in [5.74, 6) is -2.45. The maximum absolute atomic E-state index is 13.1. The summed E-state index contributed by atoms with van der Waals surface area (Å²) in [7, 11) is 1.39. The van der Waals surface area contributed by atoms with Gasteiger partial charge in [0.2, 0.25) is 5.82 Å². The van der Waals surface area contributed by atoms with Crippen molar-refractivity contribution in [3.63, 3.8) is 0 Å². The van der Waals surface area contributed by atoms with Crippen LogP contribution in [0.1, 0.15) is 23.1 Å². The predicted molar refractivity (Wildman–Crippen MR) is 68.2 cm³/mol. The van der Waals surface area contributed by atoms with Crippen molar-refractivity contribution in [3.05, 3.63) is 29.6 Å². The van der Waals surface area contributed by atoms with Gasteiger partial charge in [0.25, 0.3) is 0 Å². The Kier molecular flexibility index (Phi) is 3.91. The molecule has 0 saturated heterocycles. The van der Waals surface area contributed by atoms with E-state index in [0.717, 1.165) is 4.57 Å². The summed E-state index contributed by atoms with van der Waals surface area (Å²) >= 11 is 0. The SMILES string of the molecule is COC(C)Cn1c(C(F)(F)F)nc2c(C(=O)O)cccc21. The van der Waals surface area contributed by atoms with Crippen molar-refractivity contribution in [2.24, 2.45) is 0 Å². The average Bonchev–Trinajstić information content (AvgIpc) is 2.77. The monoisotopic (exact) mass is 302 g/mol. The molecule has 0 amide bonds. The molecule has 2 aromatic rings. The van der Waals surface area contributed by atoms with E-state index in [2.05, 4.69) is 4.98 Å². The number of carboxylic acid groups (broad SMARTS) is 1. The Balaban J connectivity index is 2.73. The van der Waals surface area contributed by atoms with Gasteiger partial charge in [0.05, 0.1) is 23.7 Å². The van der Waals surface area contributed by atoms with Crippen LogP contribution in [-0.4, -0.2) is 33.8 Å². The second-order valence-electron chi connectivity index (χ2n) is 4.57. The van der Waals surface area contributed by atoms with Crippen LogP contribution in [0.5, 0.6) is 0 Å². The lowest BCUT2D eigenvalue weighted by Crippen LogP contribution is -2.21. The second kappa shape index (κ2) is 5.36. The number of ether oxygens (including phenoxy) is 1. The number of nitrogens with zero attached hydrogens (tertiary/aromatic N) is 2. The van der Waals surface area contributed by atoms with Gasteiger partial charge in [-0.1, -0.05) is 6.07 Å². The summed E-state index contributed by atoms with van der Waals surface area (Å²) in [5.41, 5.74) is -0.325. The van der Waals surface area contributed by atoms with Crippen molar-refractivity contribution in [2.45, 2.75) is 25.7 Å². The number of hydrogen-bond acceptors (Lipinski definition) is 3. The number of carbonyl (C=O) groups is 1. The molecule has 2 rings (SSSR count). The number of benzene rings is 1. The van der Waals surface area contributed by atoms with Crippen LogP contribution in [0.2, 0.25) is 0 Å². The Morgan fingerprint density at radius 3 is 2.67 bits per heavy atom. The van der Waals surface area contributed by atoms with E-state index in [1.165, 1.54) is 25.3 Å². The highest BCUT2D eigenvalue weighted by molar-refractivity contribution is 6.01. The quantitative estimate of drug-likeness (QED) is 0.943. The van der Waals surface area contributed by atoms with Gasteiger partial charge >= 0.3 is 12.1 Å². The first-order valence-corrected chi connectivity index (χ1v) is 6.08. The van der Waals surface area contributed by atoms with Crippen LogP contribution in [0.25, 0.3) is 11.0 Å². The number of carboxylic acids is 1. The molecule has 0 spiro atoms. The first-order valence-electron chi connectivity index (χ1n) is 6.08. The molecule has 5 nitrogen and oxygen atoms in total. The molecular weight excluding hydrogens is 289 g/mol. The Morgan fingerprint density at radius 2 is 2.14 bits per heavy atom. The summed E-state index contributed by atoms with van der Waals surface area (Å²) in [6.07, 6.45) is -5.15. The van der Waals surface area contributed by atoms with E-state index in [-0.39, 0.29) is 23.1 Å². The van der Waals surface area contributed by atoms with Gasteiger partial charge in [0, 0.05) is 7.11 Å². The molecule has 1 aromatic carbocycles. The first-order chi connectivity index (χ1) is 9.75. The normalized spacial score (nSPS) is 13.6. The first kappa shape index (κ1) is 15.3. The summed E-state index contributed by atoms with van der Waals surface area (Å²) in [6.45, 7) is 1.54. The maximum Gasteiger partial charge on any atom is 0.449 e. The van der Waals surface area contributed by atoms with Crippen molar-refractivity contribution in [1.29, 1.82) is 0 Å². The number of hydrogen-bond donors (Lipinski definition) is 1. The zero-order valence-electron chi connectivity index (χ0n) is 11.3. The molecule has 0 radical (unpaired) electrons. The number of para-hydroxylation sites is 1. The van der Waals surface area contributed by atoms with Gasteiger partial charge in [-0.3, -0.25) is 0 Å². The molecule has 0 aliphatic carbocycles. The van der Waals surface area contributed by atoms with Crippen molar-refractivity contribution in [2.75, 3.05) is 7.11 Å². The zero-order valence-corrected chi connectivity index (χ0v) is 11.3. The van der Waals surface area contributed by atoms with Crippen molar-refractivity contribution in [3.8, 4) is 0 Å². The number of fused-ring (bicyclic) bond motifs is 1. The number of aromatic carboxylic acids is 1. The minimum Gasteiger partial charge on any atom is -0.478 e. The largest absolute Gasteiger partial charge is 0.478 e. The molecule has 8 heteroatoms. The minimum atomic E-state index is -4.68. The third kappa shape index (κ3) is 2.85. The van der Waals surface area contributed by atoms with E-state index >= 15 is 0 Å². The molecule has 1 unspecified atom stereocenters. The predicted octanol–water partition coefficient (Wildman–Crippen LogP) is 2.79. The Hall–Kier alpha value is -2.09. The fourth-order valence-corrected chi connectivity index (χ4v) is 2.05. The van der Waals surface area contributed by atoms with Gasteiger partial charge < -0.3 is 14.4 Å². The van der Waals surface area contributed by atoms with Crippen molar-refractivity contribution in [1.82, 2.24) is 9.55 Å².